The minimum Gasteiger partial charge on any atom is -0.612 e. The van der Waals surface area contributed by atoms with Gasteiger partial charge in [-0.3, -0.25) is 0 Å². The SMILES string of the molecule is [Na+].[O-][N+]([O-])=Cc1cccc(F)c1. The van der Waals surface area contributed by atoms with Crippen LogP contribution in [0.3, 0.4) is 0 Å². The van der Waals surface area contributed by atoms with Crippen LogP contribution >= 0.6 is 0 Å². The van der Waals surface area contributed by atoms with E-state index in [4.69, 9.17) is 0 Å². The fourth-order valence-electron chi connectivity index (χ4n) is 0.709. The van der Waals surface area contributed by atoms with Crippen LogP contribution in [0.15, 0.2) is 24.3 Å². The summed E-state index contributed by atoms with van der Waals surface area (Å²) in [5, 5.41) is 19.8. The summed E-state index contributed by atoms with van der Waals surface area (Å²) in [6, 6.07) is 5.22. The van der Waals surface area contributed by atoms with Gasteiger partial charge in [-0.15, -0.1) is 0 Å². The number of nitrogens with zero attached hydrogens (tertiary/aromatic N) is 1. The summed E-state index contributed by atoms with van der Waals surface area (Å²) in [5.41, 5.74) is 0.259. The summed E-state index contributed by atoms with van der Waals surface area (Å²) >= 11 is 0. The van der Waals surface area contributed by atoms with Crippen molar-refractivity contribution in [2.75, 3.05) is 0 Å². The molecule has 12 heavy (non-hydrogen) atoms. The molecule has 1 rings (SSSR count). The fraction of sp³-hybridized carbons (Fsp3) is 0. The van der Waals surface area contributed by atoms with Gasteiger partial charge >= 0.3 is 29.6 Å². The topological polar surface area (TPSA) is 49.1 Å². The van der Waals surface area contributed by atoms with Crippen molar-refractivity contribution in [3.8, 4) is 0 Å². The first kappa shape index (κ1) is 11.4. The molecule has 0 amide bonds. The first-order chi connectivity index (χ1) is 5.18. The largest absolute Gasteiger partial charge is 1.00 e. The van der Waals surface area contributed by atoms with Crippen LogP contribution in [0.25, 0.3) is 0 Å². The zero-order chi connectivity index (χ0) is 8.27. The van der Waals surface area contributed by atoms with Gasteiger partial charge in [0.25, 0.3) is 0 Å². The third-order valence-corrected chi connectivity index (χ3v) is 1.10. The van der Waals surface area contributed by atoms with Crippen LogP contribution in [0.2, 0.25) is 0 Å². The van der Waals surface area contributed by atoms with E-state index in [9.17, 15) is 14.8 Å². The number of halogens is 1. The average Bonchev–Trinajstić information content (AvgIpc) is 1.85. The van der Waals surface area contributed by atoms with E-state index in [1.54, 1.807) is 0 Å². The Morgan fingerprint density at radius 2 is 2.00 bits per heavy atom. The second kappa shape index (κ2) is 5.13. The summed E-state index contributed by atoms with van der Waals surface area (Å²) in [6.07, 6.45) is 0.753. The minimum absolute atomic E-state index is 0. The van der Waals surface area contributed by atoms with Gasteiger partial charge in [-0.05, 0) is 18.2 Å². The van der Waals surface area contributed by atoms with Gasteiger partial charge in [0.05, 0.1) is 0 Å². The van der Waals surface area contributed by atoms with Crippen LogP contribution in [-0.4, -0.2) is 11.1 Å². The normalized spacial score (nSPS) is 8.42. The Bertz CT molecular complexity index is 286. The van der Waals surface area contributed by atoms with E-state index in [2.05, 4.69) is 0 Å². The molecular weight excluding hydrogens is 172 g/mol. The van der Waals surface area contributed by atoms with Crippen LogP contribution < -0.4 is 29.6 Å². The molecule has 5 heteroatoms. The molecule has 0 fully saturated rings. The Morgan fingerprint density at radius 3 is 2.50 bits per heavy atom. The minimum atomic E-state index is -0.616. The van der Waals surface area contributed by atoms with Gasteiger partial charge in [0.2, 0.25) is 0 Å². The van der Waals surface area contributed by atoms with Crippen molar-refractivity contribution in [3.63, 3.8) is 0 Å². The molecule has 0 atom stereocenters. The summed E-state index contributed by atoms with van der Waals surface area (Å²) in [4.78, 5) is -0.616. The van der Waals surface area contributed by atoms with Crippen molar-refractivity contribution in [1.82, 2.24) is 0 Å². The van der Waals surface area contributed by atoms with Crippen molar-refractivity contribution in [2.24, 2.45) is 0 Å². The molecule has 0 unspecified atom stereocenters. The molecule has 58 valence electrons. The van der Waals surface area contributed by atoms with Gasteiger partial charge < -0.3 is 10.4 Å². The maximum absolute atomic E-state index is 12.4. The molecule has 0 aliphatic heterocycles. The van der Waals surface area contributed by atoms with Gasteiger partial charge in [-0.2, -0.15) is 4.90 Å². The van der Waals surface area contributed by atoms with Crippen LogP contribution in [0.4, 0.5) is 4.39 Å². The predicted octanol–water partition coefficient (Wildman–Crippen LogP) is -1.74. The monoisotopic (exact) mass is 177 g/mol. The second-order valence-electron chi connectivity index (χ2n) is 1.97. The molecule has 0 saturated heterocycles. The molecule has 0 radical (unpaired) electrons. The zero-order valence-electron chi connectivity index (χ0n) is 6.53. The summed E-state index contributed by atoms with van der Waals surface area (Å²) in [5.74, 6) is -0.472. The zero-order valence-corrected chi connectivity index (χ0v) is 8.53. The summed E-state index contributed by atoms with van der Waals surface area (Å²) in [6.45, 7) is 0. The third-order valence-electron chi connectivity index (χ3n) is 1.10. The molecule has 0 spiro atoms. The molecule has 0 heterocycles. The van der Waals surface area contributed by atoms with E-state index < -0.39 is 10.7 Å². The Labute approximate surface area is 91.0 Å². The van der Waals surface area contributed by atoms with E-state index >= 15 is 0 Å². The molecule has 0 bridgehead atoms. The fourth-order valence-corrected chi connectivity index (χ4v) is 0.709. The Morgan fingerprint density at radius 1 is 1.33 bits per heavy atom. The van der Waals surface area contributed by atoms with E-state index in [1.807, 2.05) is 0 Å². The van der Waals surface area contributed by atoms with Crippen LogP contribution in [-0.2, 0) is 0 Å². The smallest absolute Gasteiger partial charge is 0.612 e. The van der Waals surface area contributed by atoms with Gasteiger partial charge in [0.1, 0.15) is 5.82 Å². The first-order valence-corrected chi connectivity index (χ1v) is 2.92. The molecule has 3 nitrogen and oxygen atoms in total. The van der Waals surface area contributed by atoms with Crippen LogP contribution in [0, 0.1) is 16.2 Å². The van der Waals surface area contributed by atoms with E-state index in [1.165, 1.54) is 18.2 Å². The number of rotatable bonds is 1. The van der Waals surface area contributed by atoms with Gasteiger partial charge in [0.15, 0.2) is 6.21 Å². The number of hydrogen-bond donors (Lipinski definition) is 0. The summed E-state index contributed by atoms with van der Waals surface area (Å²) < 4.78 is 12.4. The average molecular weight is 177 g/mol. The molecule has 0 aromatic heterocycles. The molecule has 0 aliphatic carbocycles. The van der Waals surface area contributed by atoms with Gasteiger partial charge in [0, 0.05) is 5.56 Å². The van der Waals surface area contributed by atoms with Gasteiger partial charge in [-0.25, -0.2) is 4.39 Å². The molecule has 0 N–H and O–H groups in total. The maximum atomic E-state index is 12.4. The maximum Gasteiger partial charge on any atom is 1.00 e. The molecule has 1 aromatic carbocycles. The van der Waals surface area contributed by atoms with E-state index in [-0.39, 0.29) is 35.1 Å². The standard InChI is InChI=1S/C7H5FNO2.Na/c8-7-3-1-2-6(4-7)5-9(10)11;/h1-5H;/q-1;+1. The van der Waals surface area contributed by atoms with Crippen molar-refractivity contribution in [3.05, 3.63) is 46.1 Å². The van der Waals surface area contributed by atoms with Gasteiger partial charge in [-0.1, -0.05) is 6.07 Å². The van der Waals surface area contributed by atoms with Crippen molar-refractivity contribution in [1.29, 1.82) is 0 Å². The van der Waals surface area contributed by atoms with E-state index in [0.29, 0.717) is 0 Å². The Balaban J connectivity index is 0.00000121. The predicted molar refractivity (Wildman–Crippen MR) is 38.6 cm³/mol. The number of benzene rings is 1. The summed E-state index contributed by atoms with van der Waals surface area (Å²) in [7, 11) is 0. The first-order valence-electron chi connectivity index (χ1n) is 2.92. The van der Waals surface area contributed by atoms with Crippen molar-refractivity contribution < 1.29 is 38.8 Å². The molecule has 0 saturated carbocycles. The van der Waals surface area contributed by atoms with E-state index in [0.717, 1.165) is 12.3 Å². The molecule has 0 aliphatic rings. The van der Waals surface area contributed by atoms with Crippen molar-refractivity contribution in [2.45, 2.75) is 0 Å². The molecule has 1 aromatic rings. The van der Waals surface area contributed by atoms with Crippen LogP contribution in [0.1, 0.15) is 5.56 Å². The van der Waals surface area contributed by atoms with Crippen molar-refractivity contribution >= 4 is 6.21 Å². The molecular formula is C7H5FNNaO2. The van der Waals surface area contributed by atoms with Crippen LogP contribution in [0.5, 0.6) is 0 Å². The Hall–Kier alpha value is -0.580. The quantitative estimate of drug-likeness (QED) is 0.221. The number of hydrogen-bond acceptors (Lipinski definition) is 2. The second-order valence-corrected chi connectivity index (χ2v) is 1.97. The third kappa shape index (κ3) is 3.71. The Kier molecular flexibility index (Phi) is 4.89.